The minimum absolute atomic E-state index is 0.259. The summed E-state index contributed by atoms with van der Waals surface area (Å²) in [6.45, 7) is 3.85. The molecule has 2 saturated heterocycles. The lowest BCUT2D eigenvalue weighted by atomic mass is 10.1. The van der Waals surface area contributed by atoms with Crippen molar-refractivity contribution in [3.63, 3.8) is 0 Å². The molecule has 110 valence electrons. The SMILES string of the molecule is CC1(C)OC2[C@@H](O1)[C@@H](CN)O[C@H]2n1ccc(=O)[nH]c1=O. The standard InChI is InChI=1S/C12H17N3O5/c1-12(2)19-8-6(5-13)18-10(9(8)20-12)15-4-3-7(16)14-11(15)17/h3-4,6,8-10H,5,13H2,1-2H3,(H,14,16,17)/t6-,8+,9?,10-/m1/s1. The van der Waals surface area contributed by atoms with Gasteiger partial charge in [0.15, 0.2) is 12.0 Å². The monoisotopic (exact) mass is 283 g/mol. The van der Waals surface area contributed by atoms with E-state index in [1.54, 1.807) is 13.8 Å². The number of aromatic amines is 1. The number of aromatic nitrogens is 2. The maximum Gasteiger partial charge on any atom is 0.330 e. The molecule has 4 atom stereocenters. The van der Waals surface area contributed by atoms with Gasteiger partial charge in [-0.05, 0) is 13.8 Å². The van der Waals surface area contributed by atoms with Crippen LogP contribution >= 0.6 is 0 Å². The lowest BCUT2D eigenvalue weighted by Crippen LogP contribution is -2.37. The molecule has 0 spiro atoms. The molecule has 3 rings (SSSR count). The van der Waals surface area contributed by atoms with Crippen LogP contribution in [0.15, 0.2) is 21.9 Å². The number of fused-ring (bicyclic) bond motifs is 1. The average Bonchev–Trinajstić information content (AvgIpc) is 2.83. The summed E-state index contributed by atoms with van der Waals surface area (Å²) >= 11 is 0. The van der Waals surface area contributed by atoms with Crippen molar-refractivity contribution in [2.45, 2.75) is 44.2 Å². The van der Waals surface area contributed by atoms with Crippen LogP contribution in [0.25, 0.3) is 0 Å². The quantitative estimate of drug-likeness (QED) is 0.714. The van der Waals surface area contributed by atoms with E-state index in [1.807, 2.05) is 0 Å². The summed E-state index contributed by atoms with van der Waals surface area (Å²) in [6, 6.07) is 1.26. The van der Waals surface area contributed by atoms with Gasteiger partial charge in [-0.25, -0.2) is 4.79 Å². The lowest BCUT2D eigenvalue weighted by molar-refractivity contribution is -0.196. The maximum atomic E-state index is 11.9. The first-order valence-electron chi connectivity index (χ1n) is 6.44. The number of H-pyrrole nitrogens is 1. The van der Waals surface area contributed by atoms with Crippen LogP contribution in [-0.2, 0) is 14.2 Å². The van der Waals surface area contributed by atoms with Crippen LogP contribution in [0.5, 0.6) is 0 Å². The Balaban J connectivity index is 1.98. The number of nitrogens with two attached hydrogens (primary N) is 1. The third-order valence-corrected chi connectivity index (χ3v) is 3.48. The van der Waals surface area contributed by atoms with Crippen molar-refractivity contribution in [2.75, 3.05) is 6.54 Å². The fourth-order valence-corrected chi connectivity index (χ4v) is 2.70. The topological polar surface area (TPSA) is 109 Å². The molecule has 8 nitrogen and oxygen atoms in total. The number of nitrogens with zero attached hydrogens (tertiary/aromatic N) is 1. The van der Waals surface area contributed by atoms with Crippen LogP contribution in [-0.4, -0.2) is 40.2 Å². The number of rotatable bonds is 2. The molecule has 0 amide bonds. The maximum absolute atomic E-state index is 11.9. The number of hydrogen-bond acceptors (Lipinski definition) is 6. The summed E-state index contributed by atoms with van der Waals surface area (Å²) in [5.41, 5.74) is 4.67. The molecule has 2 fully saturated rings. The molecule has 1 aromatic rings. The minimum Gasteiger partial charge on any atom is -0.348 e. The Kier molecular flexibility index (Phi) is 3.05. The predicted octanol–water partition coefficient (Wildman–Crippen LogP) is -1.09. The summed E-state index contributed by atoms with van der Waals surface area (Å²) in [4.78, 5) is 25.2. The van der Waals surface area contributed by atoms with E-state index in [-0.39, 0.29) is 18.8 Å². The molecular formula is C12H17N3O5. The Morgan fingerprint density at radius 2 is 2.05 bits per heavy atom. The highest BCUT2D eigenvalue weighted by Crippen LogP contribution is 2.42. The number of hydrogen-bond donors (Lipinski definition) is 2. The molecule has 3 N–H and O–H groups in total. The van der Waals surface area contributed by atoms with E-state index in [1.165, 1.54) is 16.8 Å². The minimum atomic E-state index is -0.753. The van der Waals surface area contributed by atoms with E-state index in [9.17, 15) is 9.59 Å². The lowest BCUT2D eigenvalue weighted by Gasteiger charge is -2.24. The zero-order chi connectivity index (χ0) is 14.5. The number of nitrogens with one attached hydrogen (secondary N) is 1. The van der Waals surface area contributed by atoms with Gasteiger partial charge in [-0.15, -0.1) is 0 Å². The number of ether oxygens (including phenoxy) is 3. The van der Waals surface area contributed by atoms with Gasteiger partial charge in [0.25, 0.3) is 5.56 Å². The molecule has 2 aliphatic rings. The zero-order valence-electron chi connectivity index (χ0n) is 11.2. The molecule has 0 bridgehead atoms. The second kappa shape index (κ2) is 4.52. The Morgan fingerprint density at radius 3 is 2.70 bits per heavy atom. The molecule has 1 aromatic heterocycles. The highest BCUT2D eigenvalue weighted by atomic mass is 16.8. The van der Waals surface area contributed by atoms with Gasteiger partial charge < -0.3 is 19.9 Å². The van der Waals surface area contributed by atoms with Crippen LogP contribution in [0.4, 0.5) is 0 Å². The van der Waals surface area contributed by atoms with Crippen LogP contribution in [0, 0.1) is 0 Å². The van der Waals surface area contributed by atoms with E-state index in [0.717, 1.165) is 0 Å². The van der Waals surface area contributed by atoms with Gasteiger partial charge in [-0.2, -0.15) is 0 Å². The van der Waals surface area contributed by atoms with Crippen molar-refractivity contribution in [3.05, 3.63) is 33.1 Å². The van der Waals surface area contributed by atoms with Crippen molar-refractivity contribution in [1.29, 1.82) is 0 Å². The van der Waals surface area contributed by atoms with E-state index in [4.69, 9.17) is 19.9 Å². The Bertz CT molecular complexity index is 622. The Hall–Kier alpha value is -1.48. The average molecular weight is 283 g/mol. The van der Waals surface area contributed by atoms with Crippen LogP contribution in [0.3, 0.4) is 0 Å². The normalized spacial score (nSPS) is 35.1. The van der Waals surface area contributed by atoms with Crippen molar-refractivity contribution >= 4 is 0 Å². The van der Waals surface area contributed by atoms with E-state index in [0.29, 0.717) is 0 Å². The first kappa shape index (κ1) is 13.5. The van der Waals surface area contributed by atoms with Gasteiger partial charge in [-0.3, -0.25) is 14.3 Å². The molecule has 1 unspecified atom stereocenters. The van der Waals surface area contributed by atoms with E-state index in [2.05, 4.69) is 4.98 Å². The highest BCUT2D eigenvalue weighted by molar-refractivity contribution is 4.98. The van der Waals surface area contributed by atoms with Gasteiger partial charge in [0.05, 0.1) is 0 Å². The molecule has 0 radical (unpaired) electrons. The van der Waals surface area contributed by atoms with Gasteiger partial charge in [0, 0.05) is 18.8 Å². The molecule has 20 heavy (non-hydrogen) atoms. The predicted molar refractivity (Wildman–Crippen MR) is 68.1 cm³/mol. The first-order chi connectivity index (χ1) is 9.41. The van der Waals surface area contributed by atoms with Gasteiger partial charge in [-0.1, -0.05) is 0 Å². The Labute approximate surface area is 114 Å². The fraction of sp³-hybridized carbons (Fsp3) is 0.667. The van der Waals surface area contributed by atoms with Gasteiger partial charge in [0.1, 0.15) is 18.3 Å². The smallest absolute Gasteiger partial charge is 0.330 e. The molecule has 0 aliphatic carbocycles. The molecular weight excluding hydrogens is 266 g/mol. The Morgan fingerprint density at radius 1 is 1.35 bits per heavy atom. The first-order valence-corrected chi connectivity index (χ1v) is 6.44. The van der Waals surface area contributed by atoms with Crippen LogP contribution in [0.1, 0.15) is 20.1 Å². The van der Waals surface area contributed by atoms with Crippen molar-refractivity contribution in [3.8, 4) is 0 Å². The second-order valence-corrected chi connectivity index (χ2v) is 5.38. The van der Waals surface area contributed by atoms with Crippen LogP contribution < -0.4 is 17.0 Å². The summed E-state index contributed by atoms with van der Waals surface area (Å²) in [7, 11) is 0. The summed E-state index contributed by atoms with van der Waals surface area (Å²) in [5.74, 6) is -0.753. The molecule has 3 heterocycles. The summed E-state index contributed by atoms with van der Waals surface area (Å²) in [6.07, 6.45) is -0.414. The summed E-state index contributed by atoms with van der Waals surface area (Å²) < 4.78 is 18.6. The van der Waals surface area contributed by atoms with Gasteiger partial charge >= 0.3 is 5.69 Å². The largest absolute Gasteiger partial charge is 0.348 e. The zero-order valence-corrected chi connectivity index (χ0v) is 11.2. The van der Waals surface area contributed by atoms with Crippen molar-refractivity contribution in [2.24, 2.45) is 5.73 Å². The van der Waals surface area contributed by atoms with E-state index >= 15 is 0 Å². The highest BCUT2D eigenvalue weighted by Gasteiger charge is 2.55. The molecule has 0 saturated carbocycles. The van der Waals surface area contributed by atoms with Gasteiger partial charge in [0.2, 0.25) is 0 Å². The van der Waals surface area contributed by atoms with Crippen molar-refractivity contribution < 1.29 is 14.2 Å². The molecule has 8 heteroatoms. The third-order valence-electron chi connectivity index (χ3n) is 3.48. The fourth-order valence-electron chi connectivity index (χ4n) is 2.70. The molecule has 0 aromatic carbocycles. The second-order valence-electron chi connectivity index (χ2n) is 5.38. The summed E-state index contributed by atoms with van der Waals surface area (Å²) in [5, 5.41) is 0. The van der Waals surface area contributed by atoms with E-state index < -0.39 is 29.4 Å². The molecule has 2 aliphatic heterocycles. The van der Waals surface area contributed by atoms with Crippen LogP contribution in [0.2, 0.25) is 0 Å². The van der Waals surface area contributed by atoms with Crippen molar-refractivity contribution in [1.82, 2.24) is 9.55 Å². The third kappa shape index (κ3) is 2.10.